The summed E-state index contributed by atoms with van der Waals surface area (Å²) >= 11 is 3.44. The van der Waals surface area contributed by atoms with Crippen molar-refractivity contribution in [2.75, 3.05) is 19.6 Å². The smallest absolute Gasteiger partial charge is 0.0716 e. The Labute approximate surface area is 151 Å². The molecule has 0 saturated carbocycles. The highest BCUT2D eigenvalue weighted by Crippen LogP contribution is 2.16. The predicted octanol–water partition coefficient (Wildman–Crippen LogP) is 2.03. The molecule has 3 N–H and O–H groups in total. The standard InChI is InChI=1S/C16H21BrN4O.ClH/c1-11-13(8-18-6-12-7-19-9-16(12)22)10-21(20-11)15-4-2-14(17)3-5-15;/h2-5,10,12,16,18-19,22H,6-9H2,1H3;1H. The number of rotatable bonds is 5. The summed E-state index contributed by atoms with van der Waals surface area (Å²) in [7, 11) is 0. The number of nitrogens with one attached hydrogen (secondary N) is 2. The van der Waals surface area contributed by atoms with Gasteiger partial charge in [0.25, 0.3) is 0 Å². The first-order chi connectivity index (χ1) is 10.6. The number of halogens is 2. The summed E-state index contributed by atoms with van der Waals surface area (Å²) in [6.07, 6.45) is 1.83. The van der Waals surface area contributed by atoms with Crippen molar-refractivity contribution in [3.63, 3.8) is 0 Å². The van der Waals surface area contributed by atoms with Crippen molar-refractivity contribution in [2.45, 2.75) is 19.6 Å². The molecule has 2 unspecified atom stereocenters. The van der Waals surface area contributed by atoms with Gasteiger partial charge in [0, 0.05) is 48.3 Å². The van der Waals surface area contributed by atoms with Crippen molar-refractivity contribution < 1.29 is 5.11 Å². The summed E-state index contributed by atoms with van der Waals surface area (Å²) in [5, 5.41) is 21.0. The fraction of sp³-hybridized carbons (Fsp3) is 0.438. The number of β-amino-alcohol motifs (C(OH)–C–C–N with tert-alkyl or cyclic N) is 1. The Bertz CT molecular complexity index is 632. The molecule has 2 atom stereocenters. The van der Waals surface area contributed by atoms with Crippen molar-refractivity contribution in [3.8, 4) is 5.69 Å². The number of aliphatic hydroxyl groups excluding tert-OH is 1. The maximum absolute atomic E-state index is 9.79. The number of hydrogen-bond acceptors (Lipinski definition) is 4. The van der Waals surface area contributed by atoms with Gasteiger partial charge in [-0.15, -0.1) is 12.4 Å². The Morgan fingerprint density at radius 2 is 2.09 bits per heavy atom. The number of aliphatic hydroxyl groups is 1. The summed E-state index contributed by atoms with van der Waals surface area (Å²) in [6.45, 7) is 5.19. The average molecular weight is 402 g/mol. The van der Waals surface area contributed by atoms with Crippen LogP contribution in [0.15, 0.2) is 34.9 Å². The van der Waals surface area contributed by atoms with E-state index in [9.17, 15) is 5.11 Å². The Kier molecular flexibility index (Phi) is 6.61. The molecule has 0 spiro atoms. The molecule has 1 aromatic heterocycles. The quantitative estimate of drug-likeness (QED) is 0.717. The van der Waals surface area contributed by atoms with Gasteiger partial charge in [-0.3, -0.25) is 0 Å². The molecule has 2 aromatic rings. The van der Waals surface area contributed by atoms with Crippen LogP contribution in [0.25, 0.3) is 5.69 Å². The van der Waals surface area contributed by atoms with Crippen LogP contribution in [0.1, 0.15) is 11.3 Å². The Balaban J connectivity index is 0.00000192. The minimum atomic E-state index is -0.237. The topological polar surface area (TPSA) is 62.1 Å². The van der Waals surface area contributed by atoms with Crippen LogP contribution >= 0.6 is 28.3 Å². The molecule has 0 amide bonds. The van der Waals surface area contributed by atoms with E-state index in [-0.39, 0.29) is 18.5 Å². The molecule has 1 saturated heterocycles. The Hall–Kier alpha value is -0.920. The monoisotopic (exact) mass is 400 g/mol. The fourth-order valence-electron chi connectivity index (χ4n) is 2.72. The van der Waals surface area contributed by atoms with E-state index in [1.54, 1.807) is 0 Å². The lowest BCUT2D eigenvalue weighted by Gasteiger charge is -2.13. The van der Waals surface area contributed by atoms with Gasteiger partial charge in [-0.2, -0.15) is 5.10 Å². The van der Waals surface area contributed by atoms with Crippen LogP contribution in [-0.4, -0.2) is 40.6 Å². The highest BCUT2D eigenvalue weighted by Gasteiger charge is 2.24. The van der Waals surface area contributed by atoms with Gasteiger partial charge in [0.2, 0.25) is 0 Å². The molecule has 5 nitrogen and oxygen atoms in total. The molecule has 1 aliphatic rings. The lowest BCUT2D eigenvalue weighted by atomic mass is 10.1. The summed E-state index contributed by atoms with van der Waals surface area (Å²) < 4.78 is 2.97. The van der Waals surface area contributed by atoms with E-state index in [0.717, 1.165) is 35.5 Å². The van der Waals surface area contributed by atoms with Crippen molar-refractivity contribution in [1.82, 2.24) is 20.4 Å². The van der Waals surface area contributed by atoms with E-state index < -0.39 is 0 Å². The summed E-state index contributed by atoms with van der Waals surface area (Å²) in [5.41, 5.74) is 3.26. The third kappa shape index (κ3) is 4.55. The van der Waals surface area contributed by atoms with Crippen LogP contribution < -0.4 is 10.6 Å². The van der Waals surface area contributed by atoms with Crippen LogP contribution in [0.5, 0.6) is 0 Å². The zero-order valence-corrected chi connectivity index (χ0v) is 15.4. The highest BCUT2D eigenvalue weighted by molar-refractivity contribution is 9.10. The second-order valence-corrected chi connectivity index (χ2v) is 6.69. The number of hydrogen-bond donors (Lipinski definition) is 3. The minimum Gasteiger partial charge on any atom is -0.391 e. The van der Waals surface area contributed by atoms with E-state index >= 15 is 0 Å². The van der Waals surface area contributed by atoms with Crippen LogP contribution in [-0.2, 0) is 6.54 Å². The van der Waals surface area contributed by atoms with Gasteiger partial charge in [0.15, 0.2) is 0 Å². The molecule has 0 bridgehead atoms. The third-order valence-corrected chi connectivity index (χ3v) is 4.65. The molecule has 2 heterocycles. The molecule has 23 heavy (non-hydrogen) atoms. The Morgan fingerprint density at radius 1 is 1.35 bits per heavy atom. The first-order valence-corrected chi connectivity index (χ1v) is 8.33. The number of benzene rings is 1. The summed E-state index contributed by atoms with van der Waals surface area (Å²) in [4.78, 5) is 0. The van der Waals surface area contributed by atoms with Gasteiger partial charge < -0.3 is 15.7 Å². The minimum absolute atomic E-state index is 0. The predicted molar refractivity (Wildman–Crippen MR) is 97.3 cm³/mol. The molecule has 0 aliphatic carbocycles. The van der Waals surface area contributed by atoms with E-state index in [0.29, 0.717) is 12.5 Å². The summed E-state index contributed by atoms with van der Waals surface area (Å²) in [6, 6.07) is 8.10. The largest absolute Gasteiger partial charge is 0.391 e. The van der Waals surface area contributed by atoms with Gasteiger partial charge in [-0.1, -0.05) is 15.9 Å². The fourth-order valence-corrected chi connectivity index (χ4v) is 2.98. The molecule has 1 aliphatic heterocycles. The van der Waals surface area contributed by atoms with E-state index in [4.69, 9.17) is 0 Å². The first-order valence-electron chi connectivity index (χ1n) is 7.54. The van der Waals surface area contributed by atoms with Crippen LogP contribution in [0.3, 0.4) is 0 Å². The van der Waals surface area contributed by atoms with Crippen molar-refractivity contribution in [1.29, 1.82) is 0 Å². The summed E-state index contributed by atoms with van der Waals surface area (Å²) in [5.74, 6) is 0.293. The van der Waals surface area contributed by atoms with E-state index in [1.807, 2.05) is 35.9 Å². The highest BCUT2D eigenvalue weighted by atomic mass is 79.9. The second-order valence-electron chi connectivity index (χ2n) is 5.78. The molecule has 1 fully saturated rings. The zero-order chi connectivity index (χ0) is 15.5. The number of aryl methyl sites for hydroxylation is 1. The SMILES string of the molecule is Cc1nn(-c2ccc(Br)cc2)cc1CNCC1CNCC1O.Cl. The van der Waals surface area contributed by atoms with Gasteiger partial charge in [-0.25, -0.2) is 4.68 Å². The number of nitrogens with zero attached hydrogens (tertiary/aromatic N) is 2. The van der Waals surface area contributed by atoms with Gasteiger partial charge in [-0.05, 0) is 31.2 Å². The molecule has 7 heteroatoms. The van der Waals surface area contributed by atoms with Gasteiger partial charge in [0.05, 0.1) is 17.5 Å². The normalized spacial score (nSPS) is 20.5. The molecule has 0 radical (unpaired) electrons. The zero-order valence-electron chi connectivity index (χ0n) is 13.0. The molecule has 3 rings (SSSR count). The van der Waals surface area contributed by atoms with Crippen LogP contribution in [0.2, 0.25) is 0 Å². The van der Waals surface area contributed by atoms with Crippen LogP contribution in [0.4, 0.5) is 0 Å². The lowest BCUT2D eigenvalue weighted by molar-refractivity contribution is 0.146. The average Bonchev–Trinajstić information content (AvgIpc) is 3.07. The molecule has 126 valence electrons. The maximum Gasteiger partial charge on any atom is 0.0716 e. The van der Waals surface area contributed by atoms with Crippen molar-refractivity contribution in [3.05, 3.63) is 46.2 Å². The molecular weight excluding hydrogens is 380 g/mol. The van der Waals surface area contributed by atoms with Crippen molar-refractivity contribution >= 4 is 28.3 Å². The van der Waals surface area contributed by atoms with Crippen molar-refractivity contribution in [2.24, 2.45) is 5.92 Å². The molecule has 1 aromatic carbocycles. The second kappa shape index (κ2) is 8.26. The van der Waals surface area contributed by atoms with E-state index in [1.165, 1.54) is 5.56 Å². The third-order valence-electron chi connectivity index (χ3n) is 4.12. The van der Waals surface area contributed by atoms with Gasteiger partial charge in [0.1, 0.15) is 0 Å². The van der Waals surface area contributed by atoms with Crippen LogP contribution in [0, 0.1) is 12.8 Å². The molecular formula is C16H22BrClN4O. The van der Waals surface area contributed by atoms with E-state index in [2.05, 4.69) is 37.9 Å². The Morgan fingerprint density at radius 3 is 2.74 bits per heavy atom. The maximum atomic E-state index is 9.79. The lowest BCUT2D eigenvalue weighted by Crippen LogP contribution is -2.30. The first kappa shape index (κ1) is 18.4. The number of aromatic nitrogens is 2. The van der Waals surface area contributed by atoms with Gasteiger partial charge >= 0.3 is 0 Å².